The Kier molecular flexibility index (Phi) is 6.96. The first kappa shape index (κ1) is 23.2. The van der Waals surface area contributed by atoms with Gasteiger partial charge >= 0.3 is 0 Å². The van der Waals surface area contributed by atoms with Crippen LogP contribution in [0.25, 0.3) is 31.2 Å². The first-order chi connectivity index (χ1) is 15.8. The molecule has 0 atom stereocenters. The van der Waals surface area contributed by atoms with Gasteiger partial charge in [-0.05, 0) is 100 Å². The van der Waals surface area contributed by atoms with Gasteiger partial charge in [-0.2, -0.15) is 0 Å². The standard InChI is InChI=1S/C10H11N.C10H10S.C9H9NS/c2*1-7-3-4-10-9(5-7)6-8(2)11-10;1-6-3-9-8(10-5-6)4-7(2)11-9/h3-6,11H,1-2H3;3-6H,1-2H3;3-5H,1-2H3. The van der Waals surface area contributed by atoms with Crippen LogP contribution < -0.4 is 0 Å². The molecule has 2 nitrogen and oxygen atoms in total. The van der Waals surface area contributed by atoms with E-state index in [0.29, 0.717) is 0 Å². The van der Waals surface area contributed by atoms with Crippen molar-refractivity contribution in [3.8, 4) is 0 Å². The van der Waals surface area contributed by atoms with Gasteiger partial charge in [0, 0.05) is 31.9 Å². The maximum Gasteiger partial charge on any atom is 0.0812 e. The van der Waals surface area contributed by atoms with Crippen molar-refractivity contribution in [1.29, 1.82) is 0 Å². The second-order valence-corrected chi connectivity index (χ2v) is 11.3. The Morgan fingerprint density at radius 2 is 1.27 bits per heavy atom. The van der Waals surface area contributed by atoms with Gasteiger partial charge in [0.15, 0.2) is 0 Å². The maximum absolute atomic E-state index is 4.31. The third-order valence-corrected chi connectivity index (χ3v) is 7.35. The number of nitrogens with zero attached hydrogens (tertiary/aromatic N) is 1. The van der Waals surface area contributed by atoms with Crippen molar-refractivity contribution in [3.63, 3.8) is 0 Å². The third kappa shape index (κ3) is 5.89. The van der Waals surface area contributed by atoms with Crippen LogP contribution in [0.1, 0.15) is 32.1 Å². The third-order valence-electron chi connectivity index (χ3n) is 5.34. The molecule has 0 unspecified atom stereocenters. The minimum Gasteiger partial charge on any atom is -0.359 e. The van der Waals surface area contributed by atoms with Gasteiger partial charge < -0.3 is 4.98 Å². The molecule has 0 aliphatic heterocycles. The number of aromatic nitrogens is 2. The van der Waals surface area contributed by atoms with Gasteiger partial charge in [0.2, 0.25) is 0 Å². The fraction of sp³-hybridized carbons (Fsp3) is 0.207. The Morgan fingerprint density at radius 1 is 0.606 bits per heavy atom. The predicted molar refractivity (Wildman–Crippen MR) is 148 cm³/mol. The van der Waals surface area contributed by atoms with Crippen molar-refractivity contribution < 1.29 is 0 Å². The quantitative estimate of drug-likeness (QED) is 0.235. The molecule has 6 aromatic rings. The molecular weight excluding hydrogens is 440 g/mol. The minimum absolute atomic E-state index is 1.12. The molecule has 0 aliphatic carbocycles. The number of H-pyrrole nitrogens is 1. The highest BCUT2D eigenvalue weighted by Crippen LogP contribution is 2.25. The van der Waals surface area contributed by atoms with E-state index in [-0.39, 0.29) is 0 Å². The van der Waals surface area contributed by atoms with Crippen LogP contribution >= 0.6 is 22.7 Å². The number of thiophene rings is 2. The number of nitrogens with one attached hydrogen (secondary N) is 1. The number of aryl methyl sites for hydroxylation is 6. The molecular formula is C29H30N2S2. The number of aromatic amines is 1. The molecule has 0 aliphatic rings. The Morgan fingerprint density at radius 3 is 2.06 bits per heavy atom. The largest absolute Gasteiger partial charge is 0.359 e. The molecule has 0 bridgehead atoms. The normalized spacial score (nSPS) is 10.7. The SMILES string of the molecule is Cc1ccc2[nH]c(C)cc2c1.Cc1ccc2sc(C)cc2c1.Cc1cnc2cc(C)sc2c1. The van der Waals surface area contributed by atoms with Gasteiger partial charge in [-0.25, -0.2) is 0 Å². The van der Waals surface area contributed by atoms with Crippen LogP contribution in [0.4, 0.5) is 0 Å². The highest BCUT2D eigenvalue weighted by Gasteiger charge is 1.98. The van der Waals surface area contributed by atoms with E-state index in [0.717, 1.165) is 5.52 Å². The summed E-state index contributed by atoms with van der Waals surface area (Å²) < 4.78 is 2.69. The Balaban J connectivity index is 0.000000118. The molecule has 0 saturated carbocycles. The lowest BCUT2D eigenvalue weighted by Gasteiger charge is -1.90. The number of hydrogen-bond acceptors (Lipinski definition) is 3. The molecule has 168 valence electrons. The summed E-state index contributed by atoms with van der Waals surface area (Å²) in [4.78, 5) is 10.3. The van der Waals surface area contributed by atoms with E-state index < -0.39 is 0 Å². The predicted octanol–water partition coefficient (Wildman–Crippen LogP) is 9.22. The highest BCUT2D eigenvalue weighted by atomic mass is 32.1. The summed E-state index contributed by atoms with van der Waals surface area (Å²) in [6, 6.07) is 21.8. The lowest BCUT2D eigenvalue weighted by Crippen LogP contribution is -1.73. The van der Waals surface area contributed by atoms with Crippen molar-refractivity contribution in [2.75, 3.05) is 0 Å². The summed E-state index contributed by atoms with van der Waals surface area (Å²) >= 11 is 3.66. The molecule has 2 aromatic carbocycles. The average Bonchev–Trinajstić information content (AvgIpc) is 3.41. The van der Waals surface area contributed by atoms with Crippen LogP contribution in [0.5, 0.6) is 0 Å². The first-order valence-corrected chi connectivity index (χ1v) is 12.8. The Labute approximate surface area is 204 Å². The van der Waals surface area contributed by atoms with Crippen molar-refractivity contribution in [2.45, 2.75) is 41.5 Å². The average molecular weight is 471 g/mol. The maximum atomic E-state index is 4.31. The van der Waals surface area contributed by atoms with E-state index >= 15 is 0 Å². The van der Waals surface area contributed by atoms with Crippen LogP contribution in [-0.4, -0.2) is 9.97 Å². The van der Waals surface area contributed by atoms with E-state index in [4.69, 9.17) is 0 Å². The van der Waals surface area contributed by atoms with Gasteiger partial charge in [-0.15, -0.1) is 22.7 Å². The molecule has 0 saturated heterocycles. The zero-order valence-corrected chi connectivity index (χ0v) is 21.7. The van der Waals surface area contributed by atoms with Crippen molar-refractivity contribution in [1.82, 2.24) is 9.97 Å². The lowest BCUT2D eigenvalue weighted by atomic mass is 10.2. The van der Waals surface area contributed by atoms with Gasteiger partial charge in [-0.3, -0.25) is 4.98 Å². The van der Waals surface area contributed by atoms with Gasteiger partial charge in [0.1, 0.15) is 0 Å². The number of benzene rings is 2. The second-order valence-electron chi connectivity index (χ2n) is 8.69. The second kappa shape index (κ2) is 9.90. The topological polar surface area (TPSA) is 28.7 Å². The molecule has 0 fully saturated rings. The Bertz CT molecular complexity index is 1350. The van der Waals surface area contributed by atoms with E-state index in [9.17, 15) is 0 Å². The van der Waals surface area contributed by atoms with Crippen LogP contribution in [0, 0.1) is 41.5 Å². The zero-order valence-electron chi connectivity index (χ0n) is 20.1. The number of fused-ring (bicyclic) bond motifs is 3. The highest BCUT2D eigenvalue weighted by molar-refractivity contribution is 7.19. The minimum atomic E-state index is 1.12. The van der Waals surface area contributed by atoms with E-state index in [1.807, 2.05) is 17.5 Å². The van der Waals surface area contributed by atoms with Crippen LogP contribution in [-0.2, 0) is 0 Å². The molecule has 1 N–H and O–H groups in total. The monoisotopic (exact) mass is 470 g/mol. The van der Waals surface area contributed by atoms with Crippen molar-refractivity contribution in [3.05, 3.63) is 99.0 Å². The first-order valence-electron chi connectivity index (χ1n) is 11.1. The number of hydrogen-bond donors (Lipinski definition) is 1. The van der Waals surface area contributed by atoms with Crippen molar-refractivity contribution in [2.24, 2.45) is 0 Å². The van der Waals surface area contributed by atoms with Crippen LogP contribution in [0.3, 0.4) is 0 Å². The number of pyridine rings is 1. The molecule has 33 heavy (non-hydrogen) atoms. The lowest BCUT2D eigenvalue weighted by molar-refractivity contribution is 1.30. The molecule has 6 rings (SSSR count). The Hall–Kier alpha value is -2.95. The van der Waals surface area contributed by atoms with E-state index in [1.54, 1.807) is 11.3 Å². The summed E-state index contributed by atoms with van der Waals surface area (Å²) in [6.45, 7) is 12.7. The van der Waals surface area contributed by atoms with Gasteiger partial charge in [0.05, 0.1) is 10.2 Å². The van der Waals surface area contributed by atoms with Crippen LogP contribution in [0.2, 0.25) is 0 Å². The van der Waals surface area contributed by atoms with Gasteiger partial charge in [0.25, 0.3) is 0 Å². The molecule has 0 amide bonds. The smallest absolute Gasteiger partial charge is 0.0812 e. The summed E-state index contributed by atoms with van der Waals surface area (Å²) in [6.07, 6.45) is 1.91. The molecule has 0 radical (unpaired) electrons. The molecule has 4 aromatic heterocycles. The number of rotatable bonds is 0. The fourth-order valence-corrected chi connectivity index (χ4v) is 5.71. The van der Waals surface area contributed by atoms with Gasteiger partial charge in [-0.1, -0.05) is 29.3 Å². The summed E-state index contributed by atoms with van der Waals surface area (Å²) in [5.74, 6) is 0. The molecule has 4 heterocycles. The van der Waals surface area contributed by atoms with E-state index in [2.05, 4.69) is 112 Å². The summed E-state index contributed by atoms with van der Waals surface area (Å²) in [5, 5.41) is 2.69. The van der Waals surface area contributed by atoms with Crippen LogP contribution in [0.15, 0.2) is 66.9 Å². The fourth-order valence-electron chi connectivity index (χ4n) is 3.83. The summed E-state index contributed by atoms with van der Waals surface area (Å²) in [5.41, 5.74) is 7.47. The molecule has 4 heteroatoms. The van der Waals surface area contributed by atoms with Crippen molar-refractivity contribution >= 4 is 53.9 Å². The summed E-state index contributed by atoms with van der Waals surface area (Å²) in [7, 11) is 0. The molecule has 0 spiro atoms. The zero-order chi connectivity index (χ0) is 23.5. The van der Waals surface area contributed by atoms with E-state index in [1.165, 1.54) is 57.8 Å².